The maximum Gasteiger partial charge on any atom is 0.231 e. The van der Waals surface area contributed by atoms with E-state index in [0.717, 1.165) is 36.3 Å². The molecule has 2 aromatic carbocycles. The van der Waals surface area contributed by atoms with Gasteiger partial charge in [0.2, 0.25) is 12.5 Å². The summed E-state index contributed by atoms with van der Waals surface area (Å²) in [4.78, 5) is 15.4. The number of hydrogen-bond acceptors (Lipinski definition) is 5. The minimum atomic E-state index is -0.0464. The van der Waals surface area contributed by atoms with Crippen LogP contribution in [0.3, 0.4) is 0 Å². The van der Waals surface area contributed by atoms with Crippen LogP contribution in [0.15, 0.2) is 30.3 Å². The number of aryl methyl sites for hydroxylation is 1. The minimum absolute atomic E-state index is 0.0464. The smallest absolute Gasteiger partial charge is 0.231 e. The lowest BCUT2D eigenvalue weighted by Crippen LogP contribution is -2.34. The van der Waals surface area contributed by atoms with E-state index in [9.17, 15) is 4.79 Å². The number of benzene rings is 2. The summed E-state index contributed by atoms with van der Waals surface area (Å²) < 4.78 is 17.0. The summed E-state index contributed by atoms with van der Waals surface area (Å²) >= 11 is 0. The molecule has 1 atom stereocenters. The largest absolute Gasteiger partial charge is 0.492 e. The number of ether oxygens (including phenoxy) is 3. The Morgan fingerprint density at radius 2 is 2.00 bits per heavy atom. The molecule has 2 aliphatic heterocycles. The van der Waals surface area contributed by atoms with E-state index in [2.05, 4.69) is 37.1 Å². The Kier molecular flexibility index (Phi) is 6.28. The lowest BCUT2D eigenvalue weighted by molar-refractivity contribution is 0.0925. The van der Waals surface area contributed by atoms with Gasteiger partial charge >= 0.3 is 0 Å². The lowest BCUT2D eigenvalue weighted by Gasteiger charge is -2.35. The first-order valence-corrected chi connectivity index (χ1v) is 10.9. The summed E-state index contributed by atoms with van der Waals surface area (Å²) in [5, 5.41) is 0. The van der Waals surface area contributed by atoms with Gasteiger partial charge in [-0.05, 0) is 43.5 Å². The highest BCUT2D eigenvalue weighted by atomic mass is 16.7. The van der Waals surface area contributed by atoms with Crippen molar-refractivity contribution in [3.63, 3.8) is 0 Å². The molecule has 5 nitrogen and oxygen atoms in total. The van der Waals surface area contributed by atoms with Crippen molar-refractivity contribution in [2.45, 2.75) is 51.5 Å². The third-order valence-electron chi connectivity index (χ3n) is 6.27. The van der Waals surface area contributed by atoms with Crippen molar-refractivity contribution in [1.29, 1.82) is 0 Å². The molecule has 0 saturated carbocycles. The second-order valence-electron chi connectivity index (χ2n) is 8.24. The van der Waals surface area contributed by atoms with Crippen LogP contribution >= 0.6 is 0 Å². The molecule has 0 bridgehead atoms. The van der Waals surface area contributed by atoms with Gasteiger partial charge in [0.25, 0.3) is 0 Å². The molecule has 5 heteroatoms. The van der Waals surface area contributed by atoms with Gasteiger partial charge in [0, 0.05) is 30.1 Å². The molecule has 0 amide bonds. The quantitative estimate of drug-likeness (QED) is 0.456. The Hall–Kier alpha value is -2.53. The summed E-state index contributed by atoms with van der Waals surface area (Å²) in [6.45, 7) is 3.31. The molecule has 0 aromatic heterocycles. The number of nitrogens with zero attached hydrogens (tertiary/aromatic N) is 1. The average molecular weight is 410 g/mol. The molecule has 2 aromatic rings. The first-order chi connectivity index (χ1) is 14.6. The Morgan fingerprint density at radius 3 is 2.73 bits per heavy atom. The van der Waals surface area contributed by atoms with Gasteiger partial charge in [-0.2, -0.15) is 0 Å². The van der Waals surface area contributed by atoms with E-state index < -0.39 is 0 Å². The zero-order valence-electron chi connectivity index (χ0n) is 18.2. The number of Topliss-reactive ketones (excluding diaryl/α,β-unsaturated/α-hetero) is 1. The van der Waals surface area contributed by atoms with Crippen molar-refractivity contribution in [3.8, 4) is 17.2 Å². The van der Waals surface area contributed by atoms with E-state index in [1.165, 1.54) is 30.4 Å². The summed E-state index contributed by atoms with van der Waals surface area (Å²) in [6.07, 6.45) is 6.05. The Balaban J connectivity index is 1.56. The van der Waals surface area contributed by atoms with Gasteiger partial charge in [0.15, 0.2) is 17.3 Å². The number of carbonyl (C=O) groups is 1. The summed E-state index contributed by atoms with van der Waals surface area (Å²) in [6, 6.07) is 10.2. The van der Waals surface area contributed by atoms with Crippen LogP contribution in [0.25, 0.3) is 0 Å². The Morgan fingerprint density at radius 1 is 1.20 bits per heavy atom. The van der Waals surface area contributed by atoms with Crippen LogP contribution in [-0.4, -0.2) is 38.2 Å². The van der Waals surface area contributed by atoms with Gasteiger partial charge < -0.3 is 14.2 Å². The second kappa shape index (κ2) is 9.09. The number of hydrogen-bond donors (Lipinski definition) is 0. The highest BCUT2D eigenvalue weighted by Crippen LogP contribution is 2.50. The van der Waals surface area contributed by atoms with Gasteiger partial charge in [0.05, 0.1) is 7.11 Å². The molecule has 2 heterocycles. The first kappa shape index (κ1) is 20.7. The minimum Gasteiger partial charge on any atom is -0.492 e. The number of methoxy groups -OCH3 is 1. The van der Waals surface area contributed by atoms with Crippen molar-refractivity contribution in [1.82, 2.24) is 4.90 Å². The van der Waals surface area contributed by atoms with Gasteiger partial charge in [0.1, 0.15) is 0 Å². The predicted molar refractivity (Wildman–Crippen MR) is 117 cm³/mol. The molecule has 0 aliphatic carbocycles. The standard InChI is InChI=1S/C25H31NO4/c1-4-5-6-7-17-8-10-18(11-9-17)21(27)15-20-23-19(12-13-26(20)2)14-22-24(25(23)28-3)30-16-29-22/h8-11,14,20H,4-7,12-13,15-16H2,1-3H3/t20-/m1/s1. The summed E-state index contributed by atoms with van der Waals surface area (Å²) in [5.74, 6) is 2.24. The number of rotatable bonds is 8. The number of likely N-dealkylation sites (N-methyl/N-ethyl adjacent to an activating group) is 1. The molecule has 0 unspecified atom stereocenters. The van der Waals surface area contributed by atoms with E-state index in [1.54, 1.807) is 7.11 Å². The topological polar surface area (TPSA) is 48.0 Å². The molecule has 0 saturated heterocycles. The molecular formula is C25H31NO4. The van der Waals surface area contributed by atoms with Crippen molar-refractivity contribution >= 4 is 5.78 Å². The van der Waals surface area contributed by atoms with Crippen molar-refractivity contribution in [2.75, 3.05) is 27.5 Å². The zero-order chi connectivity index (χ0) is 21.1. The fraction of sp³-hybridized carbons (Fsp3) is 0.480. The second-order valence-corrected chi connectivity index (χ2v) is 8.24. The third kappa shape index (κ3) is 4.04. The van der Waals surface area contributed by atoms with Crippen LogP contribution in [-0.2, 0) is 12.8 Å². The maximum absolute atomic E-state index is 13.1. The van der Waals surface area contributed by atoms with E-state index in [-0.39, 0.29) is 18.6 Å². The molecule has 2 aliphatic rings. The molecule has 0 fully saturated rings. The fourth-order valence-electron chi connectivity index (χ4n) is 4.51. The number of ketones is 1. The molecule has 160 valence electrons. The Labute approximate surface area is 178 Å². The van der Waals surface area contributed by atoms with Crippen molar-refractivity contribution in [3.05, 3.63) is 52.6 Å². The van der Waals surface area contributed by atoms with Gasteiger partial charge in [-0.25, -0.2) is 0 Å². The number of unbranched alkanes of at least 4 members (excludes halogenated alkanes) is 2. The van der Waals surface area contributed by atoms with Crippen LogP contribution in [0.1, 0.15) is 65.7 Å². The summed E-state index contributed by atoms with van der Waals surface area (Å²) in [5.41, 5.74) is 4.31. The molecule has 0 radical (unpaired) electrons. The van der Waals surface area contributed by atoms with Crippen molar-refractivity contribution in [2.24, 2.45) is 0 Å². The zero-order valence-corrected chi connectivity index (χ0v) is 18.2. The van der Waals surface area contributed by atoms with Gasteiger partial charge in [-0.3, -0.25) is 9.69 Å². The van der Waals surface area contributed by atoms with Gasteiger partial charge in [-0.15, -0.1) is 0 Å². The average Bonchev–Trinajstić information content (AvgIpc) is 3.23. The highest BCUT2D eigenvalue weighted by molar-refractivity contribution is 5.96. The van der Waals surface area contributed by atoms with E-state index in [4.69, 9.17) is 14.2 Å². The maximum atomic E-state index is 13.1. The van der Waals surface area contributed by atoms with Crippen LogP contribution in [0, 0.1) is 0 Å². The number of carbonyl (C=O) groups excluding carboxylic acids is 1. The fourth-order valence-corrected chi connectivity index (χ4v) is 4.51. The molecule has 0 N–H and O–H groups in total. The SMILES string of the molecule is CCCCCc1ccc(C(=O)C[C@@H]2c3c(cc4c(c3OC)OCO4)CCN2C)cc1. The predicted octanol–water partition coefficient (Wildman–Crippen LogP) is 4.96. The molecule has 4 rings (SSSR count). The molecule has 30 heavy (non-hydrogen) atoms. The first-order valence-electron chi connectivity index (χ1n) is 10.9. The normalized spacial score (nSPS) is 17.6. The highest BCUT2D eigenvalue weighted by Gasteiger charge is 2.35. The summed E-state index contributed by atoms with van der Waals surface area (Å²) in [7, 11) is 3.73. The van der Waals surface area contributed by atoms with Gasteiger partial charge in [-0.1, -0.05) is 44.0 Å². The van der Waals surface area contributed by atoms with Crippen LogP contribution < -0.4 is 14.2 Å². The Bertz CT molecular complexity index is 906. The lowest BCUT2D eigenvalue weighted by atomic mass is 9.87. The van der Waals surface area contributed by atoms with Crippen LogP contribution in [0.4, 0.5) is 0 Å². The van der Waals surface area contributed by atoms with E-state index >= 15 is 0 Å². The van der Waals surface area contributed by atoms with E-state index in [1.807, 2.05) is 12.1 Å². The van der Waals surface area contributed by atoms with E-state index in [0.29, 0.717) is 17.9 Å². The number of fused-ring (bicyclic) bond motifs is 2. The molecule has 0 spiro atoms. The van der Waals surface area contributed by atoms with Crippen LogP contribution in [0.2, 0.25) is 0 Å². The molecular weight excluding hydrogens is 378 g/mol. The third-order valence-corrected chi connectivity index (χ3v) is 6.27. The van der Waals surface area contributed by atoms with Crippen molar-refractivity contribution < 1.29 is 19.0 Å². The van der Waals surface area contributed by atoms with Crippen LogP contribution in [0.5, 0.6) is 17.2 Å². The monoisotopic (exact) mass is 409 g/mol.